The summed E-state index contributed by atoms with van der Waals surface area (Å²) in [5.74, 6) is 4.97. The van der Waals surface area contributed by atoms with Crippen molar-refractivity contribution in [1.29, 1.82) is 0 Å². The van der Waals surface area contributed by atoms with Crippen molar-refractivity contribution in [2.24, 2.45) is 5.92 Å². The summed E-state index contributed by atoms with van der Waals surface area (Å²) in [6.45, 7) is 24.3. The lowest BCUT2D eigenvalue weighted by molar-refractivity contribution is 0.340. The van der Waals surface area contributed by atoms with E-state index in [0.29, 0.717) is 42.4 Å². The second-order valence-corrected chi connectivity index (χ2v) is 17.6. The van der Waals surface area contributed by atoms with Gasteiger partial charge in [0.15, 0.2) is 0 Å². The Labute approximate surface area is 307 Å². The fourth-order valence-corrected chi connectivity index (χ4v) is 10.1. The molecule has 6 rings (SSSR count). The minimum Gasteiger partial charge on any atom is -0.412 e. The van der Waals surface area contributed by atoms with Crippen molar-refractivity contribution in [1.82, 2.24) is 5.23 Å². The minimum absolute atomic E-state index is 0.429. The van der Waals surface area contributed by atoms with E-state index in [0.717, 1.165) is 5.82 Å². The first-order valence-electron chi connectivity index (χ1n) is 20.6. The molecule has 2 aliphatic carbocycles. The topological polar surface area (TPSA) is 15.3 Å². The van der Waals surface area contributed by atoms with Crippen LogP contribution in [0.3, 0.4) is 0 Å². The van der Waals surface area contributed by atoms with Crippen LogP contribution in [0.25, 0.3) is 22.3 Å². The molecule has 1 heterocycles. The molecule has 3 aromatic carbocycles. The zero-order valence-electron chi connectivity index (χ0n) is 33.3. The number of hydrogen-bond donors (Lipinski definition) is 1. The number of nitrogens with one attached hydrogen (secondary N) is 1. The van der Waals surface area contributed by atoms with Crippen LogP contribution < -0.4 is 10.1 Å². The maximum atomic E-state index is 4.37. The summed E-state index contributed by atoms with van der Waals surface area (Å²) in [4.78, 5) is 2.94. The van der Waals surface area contributed by atoms with Gasteiger partial charge in [-0.05, 0) is 101 Å². The molecule has 0 aromatic heterocycles. The van der Waals surface area contributed by atoms with Gasteiger partial charge in [-0.15, -0.1) is 0 Å². The van der Waals surface area contributed by atoms with Gasteiger partial charge in [-0.1, -0.05) is 161 Å². The van der Waals surface area contributed by atoms with Gasteiger partial charge in [0.2, 0.25) is 0 Å². The predicted octanol–water partition coefficient (Wildman–Crippen LogP) is 14.0. The van der Waals surface area contributed by atoms with Crippen molar-refractivity contribution >= 4 is 12.5 Å². The first kappa shape index (κ1) is 36.8. The Morgan fingerprint density at radius 2 is 0.980 bits per heavy atom. The van der Waals surface area contributed by atoms with E-state index in [4.69, 9.17) is 0 Å². The van der Waals surface area contributed by atoms with Crippen molar-refractivity contribution in [3.05, 3.63) is 88.2 Å². The average molecular weight is 671 g/mol. The van der Waals surface area contributed by atoms with Gasteiger partial charge in [0, 0.05) is 17.1 Å². The Hall–Kier alpha value is -2.94. The van der Waals surface area contributed by atoms with Crippen molar-refractivity contribution in [2.75, 3.05) is 4.90 Å². The highest BCUT2D eigenvalue weighted by molar-refractivity contribution is 6.62. The monoisotopic (exact) mass is 671 g/mol. The van der Waals surface area contributed by atoms with Crippen LogP contribution in [-0.4, -0.2) is 12.8 Å². The molecule has 1 N–H and O–H groups in total. The maximum absolute atomic E-state index is 4.37. The molecule has 0 radical (unpaired) electrons. The molecule has 0 bridgehead atoms. The van der Waals surface area contributed by atoms with Crippen molar-refractivity contribution in [3.8, 4) is 22.3 Å². The van der Waals surface area contributed by atoms with Crippen molar-refractivity contribution in [2.45, 2.75) is 169 Å². The third-order valence-corrected chi connectivity index (χ3v) is 12.5. The Morgan fingerprint density at radius 1 is 0.580 bits per heavy atom. The molecule has 3 aromatic rings. The van der Waals surface area contributed by atoms with Crippen molar-refractivity contribution < 1.29 is 0 Å². The van der Waals surface area contributed by atoms with Crippen LogP contribution in [0.2, 0.25) is 5.82 Å². The Kier molecular flexibility index (Phi) is 11.6. The van der Waals surface area contributed by atoms with Gasteiger partial charge in [0.25, 0.3) is 6.85 Å². The van der Waals surface area contributed by atoms with E-state index >= 15 is 0 Å². The van der Waals surface area contributed by atoms with Crippen LogP contribution in [0, 0.1) is 5.92 Å². The lowest BCUT2D eigenvalue weighted by Gasteiger charge is -2.41. The number of anilines is 1. The normalized spacial score (nSPS) is 19.4. The van der Waals surface area contributed by atoms with E-state index in [1.807, 2.05) is 0 Å². The number of para-hydroxylation sites is 1. The van der Waals surface area contributed by atoms with Crippen LogP contribution >= 0.6 is 0 Å². The molecule has 0 spiro atoms. The van der Waals surface area contributed by atoms with Gasteiger partial charge < -0.3 is 10.1 Å². The summed E-state index contributed by atoms with van der Waals surface area (Å²) in [6.07, 6.45) is 13.7. The van der Waals surface area contributed by atoms with Crippen LogP contribution in [0.5, 0.6) is 0 Å². The van der Waals surface area contributed by atoms with Gasteiger partial charge in [-0.25, -0.2) is 0 Å². The molecule has 1 saturated heterocycles. The molecule has 1 atom stereocenters. The highest BCUT2D eigenvalue weighted by atomic mass is 15.3. The summed E-state index contributed by atoms with van der Waals surface area (Å²) >= 11 is 0. The third-order valence-electron chi connectivity index (χ3n) is 12.5. The zero-order valence-corrected chi connectivity index (χ0v) is 33.3. The lowest BCUT2D eigenvalue weighted by atomic mass is 9.41. The fourth-order valence-electron chi connectivity index (χ4n) is 10.1. The quantitative estimate of drug-likeness (QED) is 0.228. The Bertz CT molecular complexity index is 1510. The lowest BCUT2D eigenvalue weighted by Crippen LogP contribution is -2.49. The van der Waals surface area contributed by atoms with Crippen LogP contribution in [0.4, 0.5) is 5.69 Å². The first-order chi connectivity index (χ1) is 24.0. The number of rotatable bonds is 9. The highest BCUT2D eigenvalue weighted by Crippen LogP contribution is 2.53. The highest BCUT2D eigenvalue weighted by Gasteiger charge is 2.50. The zero-order chi connectivity index (χ0) is 35.7. The molecular weight excluding hydrogens is 603 g/mol. The van der Waals surface area contributed by atoms with Crippen LogP contribution in [-0.2, 0) is 0 Å². The average Bonchev–Trinajstić information content (AvgIpc) is 3.52. The predicted molar refractivity (Wildman–Crippen MR) is 221 cm³/mol. The molecule has 3 aliphatic rings. The molecule has 1 aliphatic heterocycles. The van der Waals surface area contributed by atoms with E-state index in [2.05, 4.69) is 134 Å². The minimum atomic E-state index is 0.429. The molecule has 0 amide bonds. The van der Waals surface area contributed by atoms with Crippen molar-refractivity contribution in [3.63, 3.8) is 0 Å². The van der Waals surface area contributed by atoms with E-state index in [-0.39, 0.29) is 0 Å². The summed E-state index contributed by atoms with van der Waals surface area (Å²) in [7, 11) is 0. The number of allylic oxidation sites excluding steroid dienone is 1. The molecule has 3 fully saturated rings. The second kappa shape index (κ2) is 15.8. The summed E-state index contributed by atoms with van der Waals surface area (Å²) in [5.41, 5.74) is 14.5. The number of hydrogen-bond acceptors (Lipinski definition) is 2. The van der Waals surface area contributed by atoms with Crippen LogP contribution in [0.15, 0.2) is 66.0 Å². The molecule has 268 valence electrons. The van der Waals surface area contributed by atoms with E-state index in [1.165, 1.54) is 126 Å². The molecule has 2 nitrogen and oxygen atoms in total. The SMILES string of the molecule is CC(C)=C1NB(C2CCCCC2)C(C2CCCCC2)N1c1c(-c2c(C(C)C)cccc2C(C)C)cccc1-c1c(C(C)C)cccc1C(C)C. The van der Waals surface area contributed by atoms with Gasteiger partial charge in [-0.3, -0.25) is 0 Å². The third kappa shape index (κ3) is 7.09. The molecule has 50 heavy (non-hydrogen) atoms. The summed E-state index contributed by atoms with van der Waals surface area (Å²) in [5, 5.41) is 4.37. The van der Waals surface area contributed by atoms with Gasteiger partial charge in [-0.2, -0.15) is 0 Å². The maximum Gasteiger partial charge on any atom is 0.280 e. The Morgan fingerprint density at radius 3 is 1.38 bits per heavy atom. The van der Waals surface area contributed by atoms with Gasteiger partial charge in [0.1, 0.15) is 0 Å². The molecule has 3 heteroatoms. The standard InChI is InChI=1S/C47H67BN2/c1-30(2)37-24-17-25-38(31(3)4)43(37)41-28-19-29-42(44-39(32(5)6)26-18-27-40(44)33(7)8)45(41)50-46(35-20-13-11-14-21-35)48(49-47(50)34(9)10)36-22-15-12-16-23-36/h17-19,24-33,35-36,46,49H,11-16,20-23H2,1-10H3. The molecular formula is C47H67BN2. The van der Waals surface area contributed by atoms with Gasteiger partial charge >= 0.3 is 0 Å². The summed E-state index contributed by atoms with van der Waals surface area (Å²) in [6, 6.07) is 21.7. The fraction of sp³-hybridized carbons (Fsp3) is 0.574. The smallest absolute Gasteiger partial charge is 0.280 e. The first-order valence-corrected chi connectivity index (χ1v) is 20.6. The van der Waals surface area contributed by atoms with Gasteiger partial charge in [0.05, 0.1) is 11.5 Å². The largest absolute Gasteiger partial charge is 0.412 e. The Balaban J connectivity index is 1.75. The summed E-state index contributed by atoms with van der Waals surface area (Å²) < 4.78 is 0. The number of benzene rings is 3. The van der Waals surface area contributed by atoms with E-state index in [9.17, 15) is 0 Å². The van der Waals surface area contributed by atoms with Crippen LogP contribution in [0.1, 0.15) is 179 Å². The number of nitrogens with zero attached hydrogens (tertiary/aromatic N) is 1. The van der Waals surface area contributed by atoms with E-state index < -0.39 is 0 Å². The second-order valence-electron chi connectivity index (χ2n) is 17.6. The van der Waals surface area contributed by atoms with E-state index in [1.54, 1.807) is 0 Å². The molecule has 1 unspecified atom stereocenters. The molecule has 2 saturated carbocycles.